The molecule has 0 saturated heterocycles. The Balaban J connectivity index is 1.83. The molecular formula is C31H29N3. The second kappa shape index (κ2) is 9.11. The largest absolute Gasteiger partial charge is 0.309 e. The first-order valence-electron chi connectivity index (χ1n) is 11.8. The van der Waals surface area contributed by atoms with Crippen LogP contribution in [0.5, 0.6) is 0 Å². The van der Waals surface area contributed by atoms with Crippen LogP contribution in [0.4, 0.5) is 17.1 Å². The van der Waals surface area contributed by atoms with E-state index in [2.05, 4.69) is 123 Å². The average molecular weight is 444 g/mol. The van der Waals surface area contributed by atoms with E-state index in [1.54, 1.807) is 0 Å². The minimum atomic E-state index is 0.0792. The molecule has 0 fully saturated rings. The lowest BCUT2D eigenvalue weighted by Crippen LogP contribution is -2.32. The molecule has 168 valence electrons. The summed E-state index contributed by atoms with van der Waals surface area (Å²) >= 11 is 0. The monoisotopic (exact) mass is 443 g/mol. The van der Waals surface area contributed by atoms with Gasteiger partial charge < -0.3 is 4.90 Å². The molecule has 0 amide bonds. The lowest BCUT2D eigenvalue weighted by Gasteiger charge is -2.29. The molecule has 1 atom stereocenters. The fourth-order valence-electron chi connectivity index (χ4n) is 4.72. The number of hydrogen-bond donors (Lipinski definition) is 0. The number of fused-ring (bicyclic) bond motifs is 2. The number of benzene rings is 4. The topological polar surface area (TPSA) is 28.0 Å². The molecule has 1 heterocycles. The van der Waals surface area contributed by atoms with Gasteiger partial charge in [-0.2, -0.15) is 0 Å². The summed E-state index contributed by atoms with van der Waals surface area (Å²) in [4.78, 5) is 12.2. The van der Waals surface area contributed by atoms with Crippen molar-refractivity contribution >= 4 is 33.9 Å². The normalized spacial score (nSPS) is 16.4. The number of hydrogen-bond acceptors (Lipinski definition) is 3. The molecule has 34 heavy (non-hydrogen) atoms. The van der Waals surface area contributed by atoms with Gasteiger partial charge in [-0.05, 0) is 69.0 Å². The number of rotatable bonds is 4. The summed E-state index contributed by atoms with van der Waals surface area (Å²) in [7, 11) is 0. The summed E-state index contributed by atoms with van der Waals surface area (Å²) in [5.74, 6) is 0. The van der Waals surface area contributed by atoms with Gasteiger partial charge in [0.05, 0.1) is 33.8 Å². The second-order valence-electron chi connectivity index (χ2n) is 8.64. The van der Waals surface area contributed by atoms with Crippen LogP contribution in [-0.2, 0) is 0 Å². The SMILES string of the molecule is CC=Cc1c(C)cccc1N(c1ccc2c(c1)=NC(=CC)C(C)N=2)c1cccc2ccccc12. The predicted octanol–water partition coefficient (Wildman–Crippen LogP) is 7.20. The number of nitrogens with zero attached hydrogens (tertiary/aromatic N) is 3. The van der Waals surface area contributed by atoms with Crippen LogP contribution in [0.3, 0.4) is 0 Å². The first-order chi connectivity index (χ1) is 16.6. The summed E-state index contributed by atoms with van der Waals surface area (Å²) in [6, 6.07) is 28.1. The molecule has 1 aliphatic rings. The smallest absolute Gasteiger partial charge is 0.0906 e. The van der Waals surface area contributed by atoms with Gasteiger partial charge in [0.15, 0.2) is 0 Å². The van der Waals surface area contributed by atoms with E-state index in [1.807, 2.05) is 6.92 Å². The summed E-state index contributed by atoms with van der Waals surface area (Å²) in [6.07, 6.45) is 6.35. The molecule has 4 aromatic carbocycles. The fourth-order valence-corrected chi connectivity index (χ4v) is 4.72. The molecule has 4 aromatic rings. The van der Waals surface area contributed by atoms with E-state index >= 15 is 0 Å². The highest BCUT2D eigenvalue weighted by Gasteiger charge is 2.19. The molecular weight excluding hydrogens is 414 g/mol. The quantitative estimate of drug-likeness (QED) is 0.328. The molecule has 0 aliphatic carbocycles. The van der Waals surface area contributed by atoms with Crippen LogP contribution in [0.15, 0.2) is 107 Å². The third-order valence-corrected chi connectivity index (χ3v) is 6.41. The zero-order valence-corrected chi connectivity index (χ0v) is 20.2. The molecule has 0 N–H and O–H groups in total. The molecule has 1 unspecified atom stereocenters. The van der Waals surface area contributed by atoms with E-state index in [0.717, 1.165) is 33.5 Å². The Morgan fingerprint density at radius 1 is 0.824 bits per heavy atom. The Hall–Kier alpha value is -3.98. The Bertz CT molecular complexity index is 1550. The maximum absolute atomic E-state index is 4.94. The Labute approximate surface area is 201 Å². The van der Waals surface area contributed by atoms with E-state index in [9.17, 15) is 0 Å². The van der Waals surface area contributed by atoms with E-state index in [1.165, 1.54) is 21.9 Å². The lowest BCUT2D eigenvalue weighted by atomic mass is 10.0. The standard InChI is InChI=1S/C31H29N3/c1-5-11-25-21(3)12-9-16-30(25)34(31-17-10-14-23-13-7-8-15-26(23)31)24-18-19-28-29(20-24)33-27(6-2)22(4)32-28/h5-20,22H,1-4H3. The Morgan fingerprint density at radius 3 is 2.41 bits per heavy atom. The lowest BCUT2D eigenvalue weighted by molar-refractivity contribution is 0.777. The molecule has 0 spiro atoms. The van der Waals surface area contributed by atoms with Gasteiger partial charge in [-0.25, -0.2) is 4.99 Å². The maximum Gasteiger partial charge on any atom is 0.0906 e. The minimum absolute atomic E-state index is 0.0792. The van der Waals surface area contributed by atoms with Crippen molar-refractivity contribution in [1.82, 2.24) is 0 Å². The maximum atomic E-state index is 4.94. The molecule has 0 saturated carbocycles. The third-order valence-electron chi connectivity index (χ3n) is 6.41. The van der Waals surface area contributed by atoms with Crippen LogP contribution in [0.1, 0.15) is 31.9 Å². The Kier molecular flexibility index (Phi) is 5.85. The fraction of sp³-hybridized carbons (Fsp3) is 0.161. The molecule has 0 bridgehead atoms. The van der Waals surface area contributed by atoms with Gasteiger partial charge in [0.1, 0.15) is 0 Å². The number of allylic oxidation sites excluding steroid dienone is 2. The zero-order valence-electron chi connectivity index (χ0n) is 20.2. The van der Waals surface area contributed by atoms with Crippen LogP contribution in [0, 0.1) is 6.92 Å². The van der Waals surface area contributed by atoms with Crippen LogP contribution >= 0.6 is 0 Å². The average Bonchev–Trinajstić information content (AvgIpc) is 2.86. The van der Waals surface area contributed by atoms with Gasteiger partial charge in [0.2, 0.25) is 0 Å². The van der Waals surface area contributed by atoms with Crippen molar-refractivity contribution in [3.8, 4) is 0 Å². The van der Waals surface area contributed by atoms with E-state index in [-0.39, 0.29) is 6.04 Å². The summed E-state index contributed by atoms with van der Waals surface area (Å²) in [6.45, 7) is 8.35. The van der Waals surface area contributed by atoms with Crippen molar-refractivity contribution < 1.29 is 0 Å². The van der Waals surface area contributed by atoms with Crippen molar-refractivity contribution in [3.05, 3.63) is 119 Å². The molecule has 0 radical (unpaired) electrons. The number of anilines is 3. The summed E-state index contributed by atoms with van der Waals surface area (Å²) < 4.78 is 0. The van der Waals surface area contributed by atoms with E-state index in [0.29, 0.717) is 0 Å². The van der Waals surface area contributed by atoms with E-state index in [4.69, 9.17) is 9.98 Å². The van der Waals surface area contributed by atoms with Crippen molar-refractivity contribution in [3.63, 3.8) is 0 Å². The third kappa shape index (κ3) is 3.84. The molecule has 0 aromatic heterocycles. The molecule has 1 aliphatic heterocycles. The van der Waals surface area contributed by atoms with Gasteiger partial charge in [-0.3, -0.25) is 4.99 Å². The van der Waals surface area contributed by atoms with Crippen molar-refractivity contribution in [2.45, 2.75) is 33.7 Å². The van der Waals surface area contributed by atoms with Crippen LogP contribution in [-0.4, -0.2) is 6.04 Å². The second-order valence-corrected chi connectivity index (χ2v) is 8.64. The predicted molar refractivity (Wildman–Crippen MR) is 144 cm³/mol. The number of aryl methyl sites for hydroxylation is 1. The summed E-state index contributed by atoms with van der Waals surface area (Å²) in [5, 5.41) is 4.28. The summed E-state index contributed by atoms with van der Waals surface area (Å²) in [5.41, 5.74) is 6.80. The van der Waals surface area contributed by atoms with Crippen LogP contribution < -0.4 is 15.6 Å². The molecule has 3 heteroatoms. The molecule has 3 nitrogen and oxygen atoms in total. The minimum Gasteiger partial charge on any atom is -0.309 e. The first kappa shape index (κ1) is 21.8. The van der Waals surface area contributed by atoms with Crippen molar-refractivity contribution in [2.24, 2.45) is 9.98 Å². The molecule has 5 rings (SSSR count). The highest BCUT2D eigenvalue weighted by molar-refractivity contribution is 5.99. The van der Waals surface area contributed by atoms with E-state index < -0.39 is 0 Å². The first-order valence-corrected chi connectivity index (χ1v) is 11.8. The van der Waals surface area contributed by atoms with Gasteiger partial charge >= 0.3 is 0 Å². The van der Waals surface area contributed by atoms with Gasteiger partial charge in [0, 0.05) is 16.6 Å². The van der Waals surface area contributed by atoms with Crippen LogP contribution in [0.2, 0.25) is 0 Å². The zero-order chi connectivity index (χ0) is 23.7. The van der Waals surface area contributed by atoms with Gasteiger partial charge in [-0.1, -0.05) is 66.8 Å². The highest BCUT2D eigenvalue weighted by atomic mass is 15.1. The van der Waals surface area contributed by atoms with Gasteiger partial charge in [-0.15, -0.1) is 0 Å². The highest BCUT2D eigenvalue weighted by Crippen LogP contribution is 2.40. The van der Waals surface area contributed by atoms with Crippen LogP contribution in [0.25, 0.3) is 16.8 Å². The Morgan fingerprint density at radius 2 is 1.59 bits per heavy atom. The van der Waals surface area contributed by atoms with Gasteiger partial charge in [0.25, 0.3) is 0 Å². The van der Waals surface area contributed by atoms with Crippen molar-refractivity contribution in [1.29, 1.82) is 0 Å². The van der Waals surface area contributed by atoms with Crippen molar-refractivity contribution in [2.75, 3.05) is 4.90 Å².